The Morgan fingerprint density at radius 2 is 1.81 bits per heavy atom. The Hall–Kier alpha value is -2.04. The molecule has 1 aromatic heterocycles. The molecule has 2 N–H and O–H groups in total. The predicted molar refractivity (Wildman–Crippen MR) is 107 cm³/mol. The van der Waals surface area contributed by atoms with Crippen LogP contribution in [-0.4, -0.2) is 15.9 Å². The zero-order chi connectivity index (χ0) is 18.1. The van der Waals surface area contributed by atoms with Crippen LogP contribution in [0.25, 0.3) is 22.4 Å². The third-order valence-electron chi connectivity index (χ3n) is 4.91. The summed E-state index contributed by atoms with van der Waals surface area (Å²) in [5, 5.41) is 4.11. The number of carbonyl (C=O) groups is 1. The van der Waals surface area contributed by atoms with Crippen molar-refractivity contribution in [2.75, 3.05) is 5.32 Å². The number of nitrogens with one attached hydrogen (secondary N) is 2. The summed E-state index contributed by atoms with van der Waals surface area (Å²) in [6.45, 7) is 0. The van der Waals surface area contributed by atoms with Gasteiger partial charge >= 0.3 is 0 Å². The minimum atomic E-state index is 0.127. The van der Waals surface area contributed by atoms with Crippen LogP contribution in [0.3, 0.4) is 0 Å². The molecule has 1 saturated carbocycles. The van der Waals surface area contributed by atoms with Crippen molar-refractivity contribution in [2.45, 2.75) is 32.1 Å². The number of anilines is 1. The van der Waals surface area contributed by atoms with E-state index in [0.717, 1.165) is 42.5 Å². The highest BCUT2D eigenvalue weighted by atomic mass is 35.5. The lowest BCUT2D eigenvalue weighted by molar-refractivity contribution is -0.120. The van der Waals surface area contributed by atoms with Gasteiger partial charge in [0, 0.05) is 22.2 Å². The second kappa shape index (κ2) is 7.29. The van der Waals surface area contributed by atoms with Gasteiger partial charge in [-0.1, -0.05) is 42.5 Å². The maximum Gasteiger partial charge on any atom is 0.227 e. The van der Waals surface area contributed by atoms with E-state index in [0.29, 0.717) is 21.4 Å². The number of carbonyl (C=O) groups excluding carboxylic acids is 1. The molecule has 0 saturated heterocycles. The molecule has 1 aliphatic carbocycles. The number of aromatic nitrogens is 2. The molecule has 0 radical (unpaired) electrons. The summed E-state index contributed by atoms with van der Waals surface area (Å²) in [5.74, 6) is 0.989. The van der Waals surface area contributed by atoms with Crippen molar-refractivity contribution in [2.24, 2.45) is 5.92 Å². The standard InChI is InChI=1S/C20H19Cl2N3O/c21-14-10-16(22)18-17(11-14)24-19(25-18)12-6-8-15(9-7-12)23-20(26)13-4-2-1-3-5-13/h6-11,13H,1-5H2,(H,23,26)(H,24,25). The summed E-state index contributed by atoms with van der Waals surface area (Å²) in [7, 11) is 0. The van der Waals surface area contributed by atoms with E-state index in [1.54, 1.807) is 12.1 Å². The average Bonchev–Trinajstić information content (AvgIpc) is 3.07. The summed E-state index contributed by atoms with van der Waals surface area (Å²) in [5.41, 5.74) is 3.22. The van der Waals surface area contributed by atoms with Crippen LogP contribution < -0.4 is 5.32 Å². The fraction of sp³-hybridized carbons (Fsp3) is 0.300. The van der Waals surface area contributed by atoms with E-state index in [1.807, 2.05) is 24.3 Å². The van der Waals surface area contributed by atoms with Gasteiger partial charge in [-0.3, -0.25) is 4.79 Å². The van der Waals surface area contributed by atoms with Crippen molar-refractivity contribution in [3.05, 3.63) is 46.4 Å². The van der Waals surface area contributed by atoms with Crippen molar-refractivity contribution >= 4 is 45.8 Å². The molecule has 1 fully saturated rings. The number of H-pyrrole nitrogens is 1. The van der Waals surface area contributed by atoms with Gasteiger partial charge in [0.25, 0.3) is 0 Å². The van der Waals surface area contributed by atoms with Crippen LogP contribution in [0, 0.1) is 5.92 Å². The molecule has 4 rings (SSSR count). The van der Waals surface area contributed by atoms with Crippen molar-refractivity contribution < 1.29 is 4.79 Å². The lowest BCUT2D eigenvalue weighted by Crippen LogP contribution is -2.24. The number of benzene rings is 2. The quantitative estimate of drug-likeness (QED) is 0.573. The molecule has 0 aliphatic heterocycles. The maximum absolute atomic E-state index is 12.4. The van der Waals surface area contributed by atoms with Crippen LogP contribution in [-0.2, 0) is 4.79 Å². The third kappa shape index (κ3) is 3.57. The zero-order valence-corrected chi connectivity index (χ0v) is 15.7. The number of rotatable bonds is 3. The van der Waals surface area contributed by atoms with Gasteiger partial charge in [0.1, 0.15) is 11.3 Å². The molecule has 6 heteroatoms. The molecular weight excluding hydrogens is 369 g/mol. The van der Waals surface area contributed by atoms with Crippen LogP contribution in [0.4, 0.5) is 5.69 Å². The Balaban J connectivity index is 1.52. The topological polar surface area (TPSA) is 57.8 Å². The first-order chi connectivity index (χ1) is 12.6. The van der Waals surface area contributed by atoms with E-state index in [9.17, 15) is 4.79 Å². The van der Waals surface area contributed by atoms with Gasteiger partial charge in [0.15, 0.2) is 0 Å². The first-order valence-corrected chi connectivity index (χ1v) is 9.62. The van der Waals surface area contributed by atoms with Crippen LogP contribution >= 0.6 is 23.2 Å². The van der Waals surface area contributed by atoms with E-state index < -0.39 is 0 Å². The van der Waals surface area contributed by atoms with E-state index >= 15 is 0 Å². The first kappa shape index (κ1) is 17.4. The second-order valence-corrected chi connectivity index (χ2v) is 7.61. The molecule has 3 aromatic rings. The smallest absolute Gasteiger partial charge is 0.227 e. The van der Waals surface area contributed by atoms with Crippen LogP contribution in [0.2, 0.25) is 10.0 Å². The number of fused-ring (bicyclic) bond motifs is 1. The van der Waals surface area contributed by atoms with Crippen LogP contribution in [0.1, 0.15) is 32.1 Å². The highest BCUT2D eigenvalue weighted by molar-refractivity contribution is 6.38. The molecule has 0 bridgehead atoms. The number of hydrogen-bond acceptors (Lipinski definition) is 2. The number of halogens is 2. The molecule has 2 aromatic carbocycles. The van der Waals surface area contributed by atoms with Crippen LogP contribution in [0.5, 0.6) is 0 Å². The predicted octanol–water partition coefficient (Wildman–Crippen LogP) is 6.06. The average molecular weight is 388 g/mol. The lowest BCUT2D eigenvalue weighted by atomic mass is 9.88. The Kier molecular flexibility index (Phi) is 4.88. The monoisotopic (exact) mass is 387 g/mol. The molecule has 0 atom stereocenters. The van der Waals surface area contributed by atoms with E-state index in [1.165, 1.54) is 6.42 Å². The number of imidazole rings is 1. The van der Waals surface area contributed by atoms with Gasteiger partial charge in [0.2, 0.25) is 5.91 Å². The zero-order valence-electron chi connectivity index (χ0n) is 14.2. The normalized spacial score (nSPS) is 15.3. The number of aromatic amines is 1. The highest BCUT2D eigenvalue weighted by Gasteiger charge is 2.21. The molecular formula is C20H19Cl2N3O. The minimum absolute atomic E-state index is 0.127. The highest BCUT2D eigenvalue weighted by Crippen LogP contribution is 2.30. The Morgan fingerprint density at radius 1 is 1.08 bits per heavy atom. The molecule has 134 valence electrons. The summed E-state index contributed by atoms with van der Waals surface area (Å²) >= 11 is 12.2. The van der Waals surface area contributed by atoms with Crippen molar-refractivity contribution in [3.63, 3.8) is 0 Å². The molecule has 1 amide bonds. The largest absolute Gasteiger partial charge is 0.338 e. The van der Waals surface area contributed by atoms with Crippen LogP contribution in [0.15, 0.2) is 36.4 Å². The summed E-state index contributed by atoms with van der Waals surface area (Å²) < 4.78 is 0. The number of hydrogen-bond donors (Lipinski definition) is 2. The van der Waals surface area contributed by atoms with Gasteiger partial charge < -0.3 is 10.3 Å². The number of amides is 1. The van der Waals surface area contributed by atoms with Crippen molar-refractivity contribution in [1.82, 2.24) is 9.97 Å². The Bertz CT molecular complexity index is 944. The van der Waals surface area contributed by atoms with E-state index in [4.69, 9.17) is 23.2 Å². The molecule has 26 heavy (non-hydrogen) atoms. The molecule has 0 spiro atoms. The van der Waals surface area contributed by atoms with Crippen molar-refractivity contribution in [3.8, 4) is 11.4 Å². The summed E-state index contributed by atoms with van der Waals surface area (Å²) in [6.07, 6.45) is 5.52. The Morgan fingerprint density at radius 3 is 2.54 bits per heavy atom. The fourth-order valence-electron chi connectivity index (χ4n) is 3.50. The SMILES string of the molecule is O=C(Nc1ccc(-c2nc3c(Cl)cc(Cl)cc3[nH]2)cc1)C1CCCCC1. The fourth-order valence-corrected chi connectivity index (χ4v) is 4.04. The molecule has 4 nitrogen and oxygen atoms in total. The van der Waals surface area contributed by atoms with Gasteiger partial charge in [-0.25, -0.2) is 4.98 Å². The number of nitrogens with zero attached hydrogens (tertiary/aromatic N) is 1. The van der Waals surface area contributed by atoms with Crippen molar-refractivity contribution in [1.29, 1.82) is 0 Å². The van der Waals surface area contributed by atoms with Gasteiger partial charge in [-0.05, 0) is 49.2 Å². The second-order valence-electron chi connectivity index (χ2n) is 6.77. The van der Waals surface area contributed by atoms with E-state index in [2.05, 4.69) is 15.3 Å². The summed E-state index contributed by atoms with van der Waals surface area (Å²) in [4.78, 5) is 20.1. The third-order valence-corrected chi connectivity index (χ3v) is 5.41. The first-order valence-electron chi connectivity index (χ1n) is 8.86. The maximum atomic E-state index is 12.4. The molecule has 0 unspecified atom stereocenters. The van der Waals surface area contributed by atoms with Gasteiger partial charge in [0.05, 0.1) is 10.5 Å². The molecule has 1 aliphatic rings. The van der Waals surface area contributed by atoms with E-state index in [-0.39, 0.29) is 11.8 Å². The van der Waals surface area contributed by atoms with Gasteiger partial charge in [-0.15, -0.1) is 0 Å². The lowest BCUT2D eigenvalue weighted by Gasteiger charge is -2.20. The Labute approximate surface area is 161 Å². The molecule has 1 heterocycles. The van der Waals surface area contributed by atoms with Gasteiger partial charge in [-0.2, -0.15) is 0 Å². The minimum Gasteiger partial charge on any atom is -0.338 e. The summed E-state index contributed by atoms with van der Waals surface area (Å²) in [6, 6.07) is 11.2.